The minimum Gasteiger partial charge on any atom is -0.326 e. The molecule has 4 aromatic rings. The fourth-order valence-electron chi connectivity index (χ4n) is 4.29. The van der Waals surface area contributed by atoms with Gasteiger partial charge in [0.1, 0.15) is 5.69 Å². The molecule has 2 aromatic carbocycles. The Morgan fingerprint density at radius 1 is 1.03 bits per heavy atom. The third-order valence-corrected chi connectivity index (χ3v) is 5.83. The monoisotopic (exact) mass is 397 g/mol. The average Bonchev–Trinajstić information content (AvgIpc) is 3.23. The van der Waals surface area contributed by atoms with Crippen molar-refractivity contribution in [2.24, 2.45) is 5.92 Å². The molecule has 0 saturated carbocycles. The fraction of sp³-hybridized carbons (Fsp3) is 0.208. The summed E-state index contributed by atoms with van der Waals surface area (Å²) in [5.41, 5.74) is 4.78. The number of nitrogens with one attached hydrogen (secondary N) is 3. The van der Waals surface area contributed by atoms with E-state index >= 15 is 0 Å². The van der Waals surface area contributed by atoms with Gasteiger partial charge in [-0.1, -0.05) is 30.3 Å². The molecule has 3 N–H and O–H groups in total. The van der Waals surface area contributed by atoms with Crippen molar-refractivity contribution in [1.82, 2.24) is 20.5 Å². The fourth-order valence-corrected chi connectivity index (χ4v) is 4.29. The van der Waals surface area contributed by atoms with Gasteiger partial charge >= 0.3 is 0 Å². The Labute approximate surface area is 174 Å². The molecule has 1 saturated heterocycles. The molecule has 30 heavy (non-hydrogen) atoms. The first-order chi connectivity index (χ1) is 14.8. The average molecular weight is 397 g/mol. The van der Waals surface area contributed by atoms with E-state index in [4.69, 9.17) is 0 Å². The lowest BCUT2D eigenvalue weighted by Gasteiger charge is -2.31. The van der Waals surface area contributed by atoms with Crippen molar-refractivity contribution in [2.45, 2.75) is 12.3 Å². The zero-order valence-electron chi connectivity index (χ0n) is 16.5. The number of pyridine rings is 1. The number of H-pyrrole nitrogens is 1. The van der Waals surface area contributed by atoms with Crippen LogP contribution in [-0.4, -0.2) is 34.2 Å². The van der Waals surface area contributed by atoms with Gasteiger partial charge in [0, 0.05) is 35.6 Å². The van der Waals surface area contributed by atoms with Crippen LogP contribution in [-0.2, 0) is 4.79 Å². The third-order valence-electron chi connectivity index (χ3n) is 5.83. The number of carbonyl (C=O) groups excluding carboxylic acids is 1. The maximum Gasteiger partial charge on any atom is 0.229 e. The first-order valence-electron chi connectivity index (χ1n) is 10.2. The van der Waals surface area contributed by atoms with Gasteiger partial charge in [0.05, 0.1) is 11.4 Å². The molecule has 0 radical (unpaired) electrons. The van der Waals surface area contributed by atoms with E-state index in [0.29, 0.717) is 6.54 Å². The maximum absolute atomic E-state index is 13.2. The van der Waals surface area contributed by atoms with Crippen molar-refractivity contribution in [2.75, 3.05) is 18.4 Å². The molecule has 150 valence electrons. The number of rotatable bonds is 4. The Morgan fingerprint density at radius 3 is 2.70 bits per heavy atom. The quantitative estimate of drug-likeness (QED) is 0.487. The Morgan fingerprint density at radius 2 is 1.87 bits per heavy atom. The van der Waals surface area contributed by atoms with Crippen molar-refractivity contribution in [3.63, 3.8) is 0 Å². The normalized spacial score (nSPS) is 18.9. The third kappa shape index (κ3) is 3.57. The van der Waals surface area contributed by atoms with Gasteiger partial charge in [-0.05, 0) is 54.8 Å². The molecular formula is C24H23N5O. The van der Waals surface area contributed by atoms with Crippen LogP contribution in [0.2, 0.25) is 0 Å². The highest BCUT2D eigenvalue weighted by Gasteiger charge is 2.32. The summed E-state index contributed by atoms with van der Waals surface area (Å²) in [6, 6.07) is 20.1. The van der Waals surface area contributed by atoms with Gasteiger partial charge in [-0.3, -0.25) is 14.9 Å². The van der Waals surface area contributed by atoms with Crippen LogP contribution in [0.1, 0.15) is 17.9 Å². The van der Waals surface area contributed by atoms with Crippen molar-refractivity contribution in [3.05, 3.63) is 78.6 Å². The summed E-state index contributed by atoms with van der Waals surface area (Å²) in [7, 11) is 0. The molecule has 3 heterocycles. The van der Waals surface area contributed by atoms with E-state index in [-0.39, 0.29) is 17.7 Å². The number of nitrogens with zero attached hydrogens (tertiary/aromatic N) is 2. The highest BCUT2D eigenvalue weighted by atomic mass is 16.1. The molecular weight excluding hydrogens is 374 g/mol. The van der Waals surface area contributed by atoms with Crippen LogP contribution in [0.3, 0.4) is 0 Å². The van der Waals surface area contributed by atoms with Gasteiger partial charge in [0.25, 0.3) is 0 Å². The first kappa shape index (κ1) is 18.5. The molecule has 1 amide bonds. The highest BCUT2D eigenvalue weighted by molar-refractivity contribution is 5.99. The van der Waals surface area contributed by atoms with E-state index in [1.54, 1.807) is 12.4 Å². The second-order valence-electron chi connectivity index (χ2n) is 7.67. The summed E-state index contributed by atoms with van der Waals surface area (Å²) >= 11 is 0. The van der Waals surface area contributed by atoms with Gasteiger partial charge in [-0.15, -0.1) is 0 Å². The first-order valence-corrected chi connectivity index (χ1v) is 10.2. The lowest BCUT2D eigenvalue weighted by Crippen LogP contribution is -2.42. The topological polar surface area (TPSA) is 82.7 Å². The van der Waals surface area contributed by atoms with Crippen molar-refractivity contribution in [1.29, 1.82) is 0 Å². The molecule has 1 aliphatic heterocycles. The molecule has 1 fully saturated rings. The van der Waals surface area contributed by atoms with E-state index in [1.807, 2.05) is 48.5 Å². The SMILES string of the molecule is O=C(Nc1ccc2[nH]nc(-c3ccncc3)c2c1)C1CNCCC1c1ccccc1. The van der Waals surface area contributed by atoms with Crippen molar-refractivity contribution >= 4 is 22.5 Å². The number of benzene rings is 2. The summed E-state index contributed by atoms with van der Waals surface area (Å²) in [5.74, 6) is 0.155. The van der Waals surface area contributed by atoms with E-state index < -0.39 is 0 Å². The Bertz CT molecular complexity index is 1160. The molecule has 1 aliphatic rings. The van der Waals surface area contributed by atoms with Crippen LogP contribution in [0.25, 0.3) is 22.2 Å². The van der Waals surface area contributed by atoms with E-state index in [9.17, 15) is 4.79 Å². The maximum atomic E-state index is 13.2. The Balaban J connectivity index is 1.41. The van der Waals surface area contributed by atoms with Crippen molar-refractivity contribution < 1.29 is 4.79 Å². The summed E-state index contributed by atoms with van der Waals surface area (Å²) in [5, 5.41) is 15.0. The Hall–Kier alpha value is -3.51. The molecule has 2 aromatic heterocycles. The molecule has 0 bridgehead atoms. The number of aromatic nitrogens is 3. The minimum atomic E-state index is -0.110. The molecule has 6 nitrogen and oxygen atoms in total. The van der Waals surface area contributed by atoms with Crippen LogP contribution in [0, 0.1) is 5.92 Å². The lowest BCUT2D eigenvalue weighted by molar-refractivity contribution is -0.120. The standard InChI is InChI=1S/C24H23N5O/c30-24(21-15-26-13-10-19(21)16-4-2-1-3-5-16)27-18-6-7-22-20(14-18)23(29-28-22)17-8-11-25-12-9-17/h1-9,11-12,14,19,21,26H,10,13,15H2,(H,27,30)(H,28,29). The number of aromatic amines is 1. The van der Waals surface area contributed by atoms with Gasteiger partial charge in [-0.2, -0.15) is 5.10 Å². The molecule has 6 heteroatoms. The van der Waals surface area contributed by atoms with Gasteiger partial charge in [0.2, 0.25) is 5.91 Å². The number of carbonyl (C=O) groups is 1. The Kier molecular flexibility index (Phi) is 4.99. The van der Waals surface area contributed by atoms with Gasteiger partial charge in [0.15, 0.2) is 0 Å². The van der Waals surface area contributed by atoms with Gasteiger partial charge < -0.3 is 10.6 Å². The molecule has 0 aliphatic carbocycles. The van der Waals surface area contributed by atoms with Crippen LogP contribution >= 0.6 is 0 Å². The van der Waals surface area contributed by atoms with Crippen LogP contribution in [0.5, 0.6) is 0 Å². The van der Waals surface area contributed by atoms with Crippen LogP contribution < -0.4 is 10.6 Å². The number of fused-ring (bicyclic) bond motifs is 1. The number of anilines is 1. The van der Waals surface area contributed by atoms with Crippen LogP contribution in [0.15, 0.2) is 73.1 Å². The summed E-state index contributed by atoms with van der Waals surface area (Å²) in [6.45, 7) is 1.61. The number of hydrogen-bond acceptors (Lipinski definition) is 4. The smallest absolute Gasteiger partial charge is 0.229 e. The highest BCUT2D eigenvalue weighted by Crippen LogP contribution is 2.32. The second-order valence-corrected chi connectivity index (χ2v) is 7.67. The summed E-state index contributed by atoms with van der Waals surface area (Å²) < 4.78 is 0. The second kappa shape index (κ2) is 8.08. The zero-order valence-corrected chi connectivity index (χ0v) is 16.5. The molecule has 2 unspecified atom stereocenters. The zero-order chi connectivity index (χ0) is 20.3. The van der Waals surface area contributed by atoms with E-state index in [2.05, 4.69) is 37.9 Å². The number of hydrogen-bond donors (Lipinski definition) is 3. The predicted octanol–water partition coefficient (Wildman–Crippen LogP) is 3.96. The van der Waals surface area contributed by atoms with Gasteiger partial charge in [-0.25, -0.2) is 0 Å². The van der Waals surface area contributed by atoms with E-state index in [1.165, 1.54) is 5.56 Å². The summed E-state index contributed by atoms with van der Waals surface area (Å²) in [6.07, 6.45) is 4.46. The number of piperidine rings is 1. The largest absolute Gasteiger partial charge is 0.326 e. The van der Waals surface area contributed by atoms with E-state index in [0.717, 1.165) is 40.8 Å². The molecule has 2 atom stereocenters. The minimum absolute atomic E-state index is 0.0457. The number of amides is 1. The molecule has 5 rings (SSSR count). The lowest BCUT2D eigenvalue weighted by atomic mass is 9.80. The van der Waals surface area contributed by atoms with Crippen molar-refractivity contribution in [3.8, 4) is 11.3 Å². The predicted molar refractivity (Wildman–Crippen MR) is 118 cm³/mol. The van der Waals surface area contributed by atoms with Crippen LogP contribution in [0.4, 0.5) is 5.69 Å². The molecule has 0 spiro atoms. The summed E-state index contributed by atoms with van der Waals surface area (Å²) in [4.78, 5) is 17.3.